The number of methoxy groups -OCH3 is 1. The molecule has 2 saturated heterocycles. The number of carboxylic acids is 1. The van der Waals surface area contributed by atoms with E-state index in [1.165, 1.54) is 31.2 Å². The SMILES string of the molecule is COc1c(OC2OC(C(=O)O)C(O)C(O)C2OC2OC(C)C(O)C(O)C2O)cc2oc(-c3ccc(O)cc3)cc(=O)c2c1O. The van der Waals surface area contributed by atoms with Crippen LogP contribution >= 0.6 is 0 Å². The van der Waals surface area contributed by atoms with Gasteiger partial charge in [0.25, 0.3) is 0 Å². The first kappa shape index (κ1) is 31.4. The molecule has 238 valence electrons. The third-order valence-corrected chi connectivity index (χ3v) is 7.40. The number of hydrogen-bond acceptors (Lipinski definition) is 15. The molecule has 0 amide bonds. The zero-order chi connectivity index (χ0) is 32.0. The van der Waals surface area contributed by atoms with E-state index in [0.717, 1.165) is 19.2 Å². The van der Waals surface area contributed by atoms with E-state index in [-0.39, 0.29) is 28.2 Å². The number of aromatic hydroxyl groups is 2. The Morgan fingerprint density at radius 3 is 2.18 bits per heavy atom. The highest BCUT2D eigenvalue weighted by Gasteiger charge is 2.53. The van der Waals surface area contributed by atoms with Crippen LogP contribution in [-0.4, -0.2) is 115 Å². The minimum atomic E-state index is -2.07. The number of aliphatic hydroxyl groups is 5. The van der Waals surface area contributed by atoms with Crippen molar-refractivity contribution in [2.24, 2.45) is 0 Å². The second kappa shape index (κ2) is 12.2. The molecule has 10 atom stereocenters. The molecule has 2 aliphatic rings. The maximum absolute atomic E-state index is 13.0. The monoisotopic (exact) mass is 622 g/mol. The number of phenols is 2. The molecule has 5 rings (SSSR count). The zero-order valence-corrected chi connectivity index (χ0v) is 23.1. The summed E-state index contributed by atoms with van der Waals surface area (Å²) >= 11 is 0. The fourth-order valence-electron chi connectivity index (χ4n) is 5.00. The number of carbonyl (C=O) groups is 1. The van der Waals surface area contributed by atoms with Crippen molar-refractivity contribution in [2.45, 2.75) is 68.3 Å². The summed E-state index contributed by atoms with van der Waals surface area (Å²) < 4.78 is 33.4. The Morgan fingerprint density at radius 2 is 1.55 bits per heavy atom. The topological polar surface area (TPSA) is 255 Å². The van der Waals surface area contributed by atoms with Gasteiger partial charge in [0.05, 0.1) is 13.2 Å². The van der Waals surface area contributed by atoms with Crippen molar-refractivity contribution in [3.8, 4) is 34.3 Å². The molecule has 2 aliphatic heterocycles. The van der Waals surface area contributed by atoms with Gasteiger partial charge < -0.3 is 69.0 Å². The standard InChI is InChI=1S/C28H30O16/c1-9-17(31)19(33)22(36)27(40-9)44-25-21(35)20(34)24(26(37)38)43-28(25)42-15-8-14-16(18(32)23(15)39-2)12(30)7-13(41-14)10-3-5-11(29)6-4-10/h3-9,17,19-22,24-25,27-29,31-36H,1-2H3,(H,37,38). The number of benzene rings is 2. The van der Waals surface area contributed by atoms with Crippen molar-refractivity contribution in [2.75, 3.05) is 7.11 Å². The van der Waals surface area contributed by atoms with Crippen molar-refractivity contribution in [1.29, 1.82) is 0 Å². The van der Waals surface area contributed by atoms with E-state index in [4.69, 9.17) is 28.1 Å². The van der Waals surface area contributed by atoms with Gasteiger partial charge in [0.1, 0.15) is 53.0 Å². The molecule has 16 heteroatoms. The molecule has 1 aromatic heterocycles. The highest BCUT2D eigenvalue weighted by atomic mass is 16.8. The Hall–Kier alpha value is -4.00. The van der Waals surface area contributed by atoms with Gasteiger partial charge >= 0.3 is 5.97 Å². The van der Waals surface area contributed by atoms with Crippen LogP contribution in [0.25, 0.3) is 22.3 Å². The summed E-state index contributed by atoms with van der Waals surface area (Å²) in [6.07, 6.45) is -17.7. The maximum Gasteiger partial charge on any atom is 0.335 e. The van der Waals surface area contributed by atoms with E-state index in [9.17, 15) is 50.4 Å². The summed E-state index contributed by atoms with van der Waals surface area (Å²) in [5.41, 5.74) is -0.485. The van der Waals surface area contributed by atoms with Crippen LogP contribution in [0.5, 0.6) is 23.0 Å². The molecule has 2 fully saturated rings. The first-order valence-electron chi connectivity index (χ1n) is 13.3. The van der Waals surface area contributed by atoms with Crippen LogP contribution in [0, 0.1) is 0 Å². The number of aliphatic hydroxyl groups excluding tert-OH is 5. The van der Waals surface area contributed by atoms with Crippen LogP contribution in [0.15, 0.2) is 45.6 Å². The number of phenolic OH excluding ortho intramolecular Hbond substituents is 2. The number of aliphatic carboxylic acids is 1. The van der Waals surface area contributed by atoms with Crippen molar-refractivity contribution in [1.82, 2.24) is 0 Å². The molecule has 0 aliphatic carbocycles. The molecule has 3 heterocycles. The van der Waals surface area contributed by atoms with Gasteiger partial charge in [0.15, 0.2) is 35.4 Å². The van der Waals surface area contributed by atoms with Crippen molar-refractivity contribution in [3.63, 3.8) is 0 Å². The summed E-state index contributed by atoms with van der Waals surface area (Å²) in [7, 11) is 1.13. The summed E-state index contributed by atoms with van der Waals surface area (Å²) in [6.45, 7) is 1.37. The molecule has 3 aromatic rings. The van der Waals surface area contributed by atoms with Crippen molar-refractivity contribution < 1.29 is 73.7 Å². The highest BCUT2D eigenvalue weighted by Crippen LogP contribution is 2.44. The van der Waals surface area contributed by atoms with Gasteiger partial charge in [-0.1, -0.05) is 0 Å². The lowest BCUT2D eigenvalue weighted by Crippen LogP contribution is -2.65. The Kier molecular flexibility index (Phi) is 8.70. The molecule has 0 saturated carbocycles. The second-order valence-corrected chi connectivity index (χ2v) is 10.3. The molecular weight excluding hydrogens is 592 g/mol. The van der Waals surface area contributed by atoms with Crippen LogP contribution in [0.3, 0.4) is 0 Å². The summed E-state index contributed by atoms with van der Waals surface area (Å²) in [5.74, 6) is -3.18. The van der Waals surface area contributed by atoms with E-state index < -0.39 is 84.3 Å². The molecule has 0 radical (unpaired) electrons. The molecule has 44 heavy (non-hydrogen) atoms. The highest BCUT2D eigenvalue weighted by molar-refractivity contribution is 5.89. The maximum atomic E-state index is 13.0. The van der Waals surface area contributed by atoms with E-state index in [0.29, 0.717) is 5.56 Å². The van der Waals surface area contributed by atoms with E-state index in [1.54, 1.807) is 0 Å². The third kappa shape index (κ3) is 5.64. The average Bonchev–Trinajstić information content (AvgIpc) is 2.98. The van der Waals surface area contributed by atoms with Crippen molar-refractivity contribution in [3.05, 3.63) is 46.6 Å². The van der Waals surface area contributed by atoms with Crippen molar-refractivity contribution >= 4 is 16.9 Å². The Bertz CT molecular complexity index is 1570. The summed E-state index contributed by atoms with van der Waals surface area (Å²) in [5, 5.41) is 81.8. The molecular formula is C28H30O16. The van der Waals surface area contributed by atoms with Gasteiger partial charge in [-0.3, -0.25) is 4.79 Å². The Balaban J connectivity index is 1.56. The van der Waals surface area contributed by atoms with E-state index in [1.807, 2.05) is 0 Å². The first-order valence-corrected chi connectivity index (χ1v) is 13.3. The summed E-state index contributed by atoms with van der Waals surface area (Å²) in [6, 6.07) is 7.93. The zero-order valence-electron chi connectivity index (χ0n) is 23.1. The molecule has 0 spiro atoms. The van der Waals surface area contributed by atoms with Crippen LogP contribution in [-0.2, 0) is 19.0 Å². The largest absolute Gasteiger partial charge is 0.508 e. The van der Waals surface area contributed by atoms with Gasteiger partial charge in [0.2, 0.25) is 12.0 Å². The normalized spacial score (nSPS) is 32.3. The Labute approximate surface area is 247 Å². The minimum Gasteiger partial charge on any atom is -0.508 e. The van der Waals surface area contributed by atoms with Gasteiger partial charge in [0, 0.05) is 17.7 Å². The molecule has 0 bridgehead atoms. The lowest BCUT2D eigenvalue weighted by Gasteiger charge is -2.45. The van der Waals surface area contributed by atoms with Gasteiger partial charge in [-0.15, -0.1) is 0 Å². The van der Waals surface area contributed by atoms with Crippen LogP contribution in [0.2, 0.25) is 0 Å². The van der Waals surface area contributed by atoms with Gasteiger partial charge in [-0.05, 0) is 31.2 Å². The number of rotatable bonds is 7. The second-order valence-electron chi connectivity index (χ2n) is 10.3. The van der Waals surface area contributed by atoms with Gasteiger partial charge in [-0.25, -0.2) is 4.79 Å². The number of hydrogen-bond donors (Lipinski definition) is 8. The fourth-order valence-corrected chi connectivity index (χ4v) is 5.00. The fraction of sp³-hybridized carbons (Fsp3) is 0.429. The average molecular weight is 623 g/mol. The van der Waals surface area contributed by atoms with Gasteiger partial charge in [-0.2, -0.15) is 0 Å². The number of ether oxygens (including phenoxy) is 5. The van der Waals surface area contributed by atoms with E-state index in [2.05, 4.69) is 0 Å². The molecule has 16 nitrogen and oxygen atoms in total. The predicted octanol–water partition coefficient (Wildman–Crippen LogP) is -0.997. The Morgan fingerprint density at radius 1 is 0.864 bits per heavy atom. The van der Waals surface area contributed by atoms with Crippen LogP contribution < -0.4 is 14.9 Å². The smallest absolute Gasteiger partial charge is 0.335 e. The lowest BCUT2D eigenvalue weighted by atomic mass is 9.97. The third-order valence-electron chi connectivity index (χ3n) is 7.40. The van der Waals surface area contributed by atoms with E-state index >= 15 is 0 Å². The molecule has 2 aromatic carbocycles. The summed E-state index contributed by atoms with van der Waals surface area (Å²) in [4.78, 5) is 24.8. The predicted molar refractivity (Wildman–Crippen MR) is 144 cm³/mol. The number of fused-ring (bicyclic) bond motifs is 1. The van der Waals surface area contributed by atoms with Crippen LogP contribution in [0.1, 0.15) is 6.92 Å². The lowest BCUT2D eigenvalue weighted by molar-refractivity contribution is -0.351. The number of carboxylic acid groups (broad SMARTS) is 1. The molecule has 8 N–H and O–H groups in total. The first-order chi connectivity index (χ1) is 20.8. The van der Waals surface area contributed by atoms with Crippen LogP contribution in [0.4, 0.5) is 0 Å². The quantitative estimate of drug-likeness (QED) is 0.157. The minimum absolute atomic E-state index is 0.0301. The molecule has 10 unspecified atom stereocenters.